The monoisotopic (exact) mass is 204 g/mol. The van der Waals surface area contributed by atoms with Crippen molar-refractivity contribution in [3.8, 4) is 0 Å². The Labute approximate surface area is 118 Å². The molecule has 0 heterocycles. The van der Waals surface area contributed by atoms with Crippen LogP contribution in [-0.2, 0) is 0 Å². The fourth-order valence-electron chi connectivity index (χ4n) is 0.884. The van der Waals surface area contributed by atoms with E-state index in [2.05, 4.69) is 0 Å². The average molecular weight is 204 g/mol. The van der Waals surface area contributed by atoms with Crippen LogP contribution in [0.5, 0.6) is 0 Å². The maximum Gasteiger partial charge on any atom is 0.336 e. The first-order valence-electron chi connectivity index (χ1n) is 3.25. The van der Waals surface area contributed by atoms with Crippen molar-refractivity contribution in [2.24, 2.45) is 5.73 Å². The van der Waals surface area contributed by atoms with E-state index in [0.29, 0.717) is 0 Å². The summed E-state index contributed by atoms with van der Waals surface area (Å²) in [4.78, 5) is 21.2. The molecule has 0 bridgehead atoms. The van der Waals surface area contributed by atoms with Gasteiger partial charge in [-0.25, -0.2) is 4.79 Å². The number of carboxylic acid groups (broad SMARTS) is 1. The third-order valence-corrected chi connectivity index (χ3v) is 1.42. The molecule has 0 fully saturated rings. The summed E-state index contributed by atoms with van der Waals surface area (Å²) in [7, 11) is 0. The Bertz CT molecular complexity index is 305. The van der Waals surface area contributed by atoms with Gasteiger partial charge in [0.25, 0.3) is 0 Å². The standard InChI is InChI=1S/C8H7NO3.K/c9-7(10)5-3-1-2-4-6(5)8(11)12;/h1-4H,(H2,9,10)(H,11,12);. The Morgan fingerprint density at radius 2 is 1.62 bits per heavy atom. The quantitative estimate of drug-likeness (QED) is 0.670. The molecule has 0 saturated carbocycles. The molecular weight excluding hydrogens is 197 g/mol. The average Bonchev–Trinajstić information content (AvgIpc) is 2.04. The molecule has 0 aliphatic carbocycles. The number of rotatable bonds is 2. The SMILES string of the molecule is NC(=O)c1ccccc1C(=O)O.[K]. The molecule has 0 aromatic heterocycles. The number of carboxylic acids is 1. The molecule has 1 aromatic carbocycles. The summed E-state index contributed by atoms with van der Waals surface area (Å²) in [6, 6.07) is 5.82. The predicted octanol–water partition coefficient (Wildman–Crippen LogP) is 0.103. The molecule has 4 nitrogen and oxygen atoms in total. The van der Waals surface area contributed by atoms with Crippen molar-refractivity contribution >= 4 is 63.3 Å². The topological polar surface area (TPSA) is 80.4 Å². The minimum absolute atomic E-state index is 0. The van der Waals surface area contributed by atoms with E-state index in [0.717, 1.165) is 0 Å². The van der Waals surface area contributed by atoms with Crippen LogP contribution in [0.2, 0.25) is 0 Å². The van der Waals surface area contributed by atoms with Crippen LogP contribution < -0.4 is 5.73 Å². The van der Waals surface area contributed by atoms with Crippen molar-refractivity contribution in [1.29, 1.82) is 0 Å². The van der Waals surface area contributed by atoms with Gasteiger partial charge in [0, 0.05) is 51.4 Å². The Hall–Kier alpha value is -0.204. The molecule has 0 unspecified atom stereocenters. The molecule has 3 N–H and O–H groups in total. The number of carbonyl (C=O) groups is 2. The van der Waals surface area contributed by atoms with Gasteiger partial charge >= 0.3 is 5.97 Å². The van der Waals surface area contributed by atoms with Crippen LogP contribution >= 0.6 is 0 Å². The number of aromatic carboxylic acids is 1. The number of nitrogens with two attached hydrogens (primary N) is 1. The van der Waals surface area contributed by atoms with Crippen LogP contribution in [0.4, 0.5) is 0 Å². The molecule has 5 heteroatoms. The second kappa shape index (κ2) is 5.51. The zero-order valence-electron chi connectivity index (χ0n) is 7.15. The number of carbonyl (C=O) groups excluding carboxylic acids is 1. The second-order valence-corrected chi connectivity index (χ2v) is 2.21. The van der Waals surface area contributed by atoms with Gasteiger partial charge in [-0.3, -0.25) is 4.79 Å². The van der Waals surface area contributed by atoms with Crippen molar-refractivity contribution in [2.45, 2.75) is 0 Å². The summed E-state index contributed by atoms with van der Waals surface area (Å²) in [6.45, 7) is 0. The fourth-order valence-corrected chi connectivity index (χ4v) is 0.884. The summed E-state index contributed by atoms with van der Waals surface area (Å²) in [5, 5.41) is 8.61. The molecule has 1 aromatic rings. The minimum atomic E-state index is -1.15. The first-order valence-corrected chi connectivity index (χ1v) is 3.25. The Morgan fingerprint density at radius 1 is 1.15 bits per heavy atom. The number of hydrogen-bond acceptors (Lipinski definition) is 2. The van der Waals surface area contributed by atoms with Gasteiger partial charge in [-0.1, -0.05) is 12.1 Å². The van der Waals surface area contributed by atoms with Crippen LogP contribution in [0.15, 0.2) is 24.3 Å². The maximum atomic E-state index is 10.7. The van der Waals surface area contributed by atoms with Crippen molar-refractivity contribution in [3.05, 3.63) is 35.4 Å². The van der Waals surface area contributed by atoms with Gasteiger partial charge in [-0.05, 0) is 12.1 Å². The molecule has 63 valence electrons. The van der Waals surface area contributed by atoms with E-state index in [-0.39, 0.29) is 62.5 Å². The van der Waals surface area contributed by atoms with Gasteiger partial charge in [0.2, 0.25) is 5.91 Å². The summed E-state index contributed by atoms with van der Waals surface area (Å²) in [6.07, 6.45) is 0. The molecule has 0 atom stereocenters. The number of benzene rings is 1. The van der Waals surface area contributed by atoms with Crippen LogP contribution in [0.25, 0.3) is 0 Å². The smallest absolute Gasteiger partial charge is 0.336 e. The molecule has 1 radical (unpaired) electrons. The molecule has 0 aliphatic heterocycles. The van der Waals surface area contributed by atoms with Gasteiger partial charge in [-0.2, -0.15) is 0 Å². The van der Waals surface area contributed by atoms with Gasteiger partial charge in [-0.15, -0.1) is 0 Å². The fraction of sp³-hybridized carbons (Fsp3) is 0. The zero-order valence-corrected chi connectivity index (χ0v) is 10.3. The Balaban J connectivity index is 0.00000144. The molecular formula is C8H7KNO3. The zero-order chi connectivity index (χ0) is 9.14. The van der Waals surface area contributed by atoms with E-state index in [4.69, 9.17) is 10.8 Å². The van der Waals surface area contributed by atoms with E-state index in [1.54, 1.807) is 6.07 Å². The summed E-state index contributed by atoms with van der Waals surface area (Å²) < 4.78 is 0. The van der Waals surface area contributed by atoms with Gasteiger partial charge in [0.15, 0.2) is 0 Å². The predicted molar refractivity (Wildman–Crippen MR) is 47.7 cm³/mol. The number of hydrogen-bond donors (Lipinski definition) is 2. The van der Waals surface area contributed by atoms with E-state index in [9.17, 15) is 9.59 Å². The Morgan fingerprint density at radius 3 is 1.92 bits per heavy atom. The summed E-state index contributed by atoms with van der Waals surface area (Å²) in [5.74, 6) is -1.88. The maximum absolute atomic E-state index is 10.7. The second-order valence-electron chi connectivity index (χ2n) is 2.21. The molecule has 1 amide bonds. The van der Waals surface area contributed by atoms with Crippen LogP contribution in [0.1, 0.15) is 20.7 Å². The molecule has 0 aliphatic rings. The number of primary amides is 1. The van der Waals surface area contributed by atoms with E-state index < -0.39 is 11.9 Å². The van der Waals surface area contributed by atoms with Crippen LogP contribution in [0, 0.1) is 0 Å². The molecule has 1 rings (SSSR count). The molecule has 0 spiro atoms. The number of amides is 1. The van der Waals surface area contributed by atoms with E-state index in [1.165, 1.54) is 18.2 Å². The third-order valence-electron chi connectivity index (χ3n) is 1.42. The minimum Gasteiger partial charge on any atom is -0.478 e. The summed E-state index contributed by atoms with van der Waals surface area (Å²) >= 11 is 0. The third kappa shape index (κ3) is 3.20. The van der Waals surface area contributed by atoms with Crippen molar-refractivity contribution in [3.63, 3.8) is 0 Å². The van der Waals surface area contributed by atoms with Crippen molar-refractivity contribution < 1.29 is 14.7 Å². The first kappa shape index (κ1) is 12.8. The van der Waals surface area contributed by atoms with E-state index in [1.807, 2.05) is 0 Å². The molecule has 0 saturated heterocycles. The van der Waals surface area contributed by atoms with Crippen LogP contribution in [0.3, 0.4) is 0 Å². The first-order chi connectivity index (χ1) is 5.63. The largest absolute Gasteiger partial charge is 0.478 e. The van der Waals surface area contributed by atoms with Gasteiger partial charge in [0.1, 0.15) is 0 Å². The van der Waals surface area contributed by atoms with Crippen molar-refractivity contribution in [2.75, 3.05) is 0 Å². The van der Waals surface area contributed by atoms with Crippen LogP contribution in [-0.4, -0.2) is 68.4 Å². The normalized spacial score (nSPS) is 8.62. The molecule has 13 heavy (non-hydrogen) atoms. The Kier molecular flexibility index (Phi) is 5.42. The summed E-state index contributed by atoms with van der Waals surface area (Å²) in [5.41, 5.74) is 4.92. The van der Waals surface area contributed by atoms with Gasteiger partial charge < -0.3 is 10.8 Å². The van der Waals surface area contributed by atoms with E-state index >= 15 is 0 Å². The van der Waals surface area contributed by atoms with Crippen molar-refractivity contribution in [1.82, 2.24) is 0 Å². The van der Waals surface area contributed by atoms with Gasteiger partial charge in [0.05, 0.1) is 11.1 Å².